The van der Waals surface area contributed by atoms with Gasteiger partial charge in [-0.25, -0.2) is 8.78 Å². The second-order valence-corrected chi connectivity index (χ2v) is 6.14. The van der Waals surface area contributed by atoms with E-state index in [2.05, 4.69) is 5.32 Å². The van der Waals surface area contributed by atoms with E-state index in [1.54, 1.807) is 6.07 Å². The fourth-order valence-corrected chi connectivity index (χ4v) is 3.62. The minimum Gasteiger partial charge on any atom is -0.383 e. The van der Waals surface area contributed by atoms with Gasteiger partial charge in [0, 0.05) is 29.8 Å². The molecule has 1 spiro atoms. The first-order chi connectivity index (χ1) is 8.42. The molecule has 0 atom stereocenters. The average molecular weight is 292 g/mol. The van der Waals surface area contributed by atoms with E-state index >= 15 is 0 Å². The van der Waals surface area contributed by atoms with E-state index in [9.17, 15) is 8.78 Å². The molecule has 18 heavy (non-hydrogen) atoms. The van der Waals surface area contributed by atoms with Gasteiger partial charge in [0.1, 0.15) is 0 Å². The Kier molecular flexibility index (Phi) is 2.76. The zero-order valence-electron chi connectivity index (χ0n) is 9.70. The number of halogens is 4. The first-order valence-electron chi connectivity index (χ1n) is 6.03. The lowest BCUT2D eigenvalue weighted by Gasteiger charge is -2.37. The van der Waals surface area contributed by atoms with Crippen molar-refractivity contribution in [1.29, 1.82) is 0 Å². The van der Waals surface area contributed by atoms with Crippen LogP contribution in [0.4, 0.5) is 14.5 Å². The Hall–Kier alpha value is -0.540. The molecule has 1 nitrogen and oxygen atoms in total. The Labute approximate surface area is 114 Å². The molecule has 1 N–H and O–H groups in total. The van der Waals surface area contributed by atoms with Crippen molar-refractivity contribution in [3.8, 4) is 0 Å². The van der Waals surface area contributed by atoms with Gasteiger partial charge in [0.05, 0.1) is 10.7 Å². The summed E-state index contributed by atoms with van der Waals surface area (Å²) >= 11 is 12.2. The molecule has 1 saturated carbocycles. The van der Waals surface area contributed by atoms with Crippen LogP contribution in [0.25, 0.3) is 0 Å². The summed E-state index contributed by atoms with van der Waals surface area (Å²) in [7, 11) is 0. The maximum Gasteiger partial charge on any atom is 0.248 e. The van der Waals surface area contributed by atoms with E-state index in [0.29, 0.717) is 29.4 Å². The number of benzene rings is 1. The molecule has 0 unspecified atom stereocenters. The molecule has 1 aliphatic carbocycles. The average Bonchev–Trinajstić information content (AvgIpc) is 2.63. The van der Waals surface area contributed by atoms with Gasteiger partial charge in [0.25, 0.3) is 0 Å². The summed E-state index contributed by atoms with van der Waals surface area (Å²) in [4.78, 5) is 0. The minimum atomic E-state index is -2.52. The molecule has 2 aliphatic rings. The topological polar surface area (TPSA) is 12.0 Å². The second kappa shape index (κ2) is 3.97. The quantitative estimate of drug-likeness (QED) is 0.719. The largest absolute Gasteiger partial charge is 0.383 e. The van der Waals surface area contributed by atoms with E-state index in [1.807, 2.05) is 6.07 Å². The minimum absolute atomic E-state index is 0.0573. The van der Waals surface area contributed by atoms with Crippen molar-refractivity contribution in [3.05, 3.63) is 27.7 Å². The highest BCUT2D eigenvalue weighted by Gasteiger charge is 2.47. The molecule has 0 radical (unpaired) electrons. The highest BCUT2D eigenvalue weighted by atomic mass is 35.5. The van der Waals surface area contributed by atoms with Gasteiger partial charge in [-0.2, -0.15) is 0 Å². The fourth-order valence-electron chi connectivity index (χ4n) is 3.06. The Morgan fingerprint density at radius 2 is 1.72 bits per heavy atom. The van der Waals surface area contributed by atoms with Crippen LogP contribution in [-0.4, -0.2) is 12.5 Å². The van der Waals surface area contributed by atoms with Gasteiger partial charge < -0.3 is 5.32 Å². The summed E-state index contributed by atoms with van der Waals surface area (Å²) in [6, 6.07) is 3.55. The molecule has 98 valence electrons. The van der Waals surface area contributed by atoms with E-state index in [-0.39, 0.29) is 18.3 Å². The van der Waals surface area contributed by atoms with Crippen LogP contribution in [0.5, 0.6) is 0 Å². The van der Waals surface area contributed by atoms with Gasteiger partial charge in [-0.05, 0) is 30.5 Å². The van der Waals surface area contributed by atoms with Crippen LogP contribution in [-0.2, 0) is 5.41 Å². The molecule has 5 heteroatoms. The Morgan fingerprint density at radius 3 is 2.39 bits per heavy atom. The standard InChI is InChI=1S/C13H13Cl2F2N/c14-8-5-9-11(10(15)6-8)18-7-12(9)1-3-13(16,17)4-2-12/h5-6,18H,1-4,7H2. The van der Waals surface area contributed by atoms with Crippen LogP contribution in [0.1, 0.15) is 31.2 Å². The zero-order chi connectivity index (χ0) is 13.0. The number of anilines is 1. The molecular weight excluding hydrogens is 279 g/mol. The lowest BCUT2D eigenvalue weighted by Crippen LogP contribution is -2.37. The SMILES string of the molecule is FC1(F)CCC2(CC1)CNc1c(Cl)cc(Cl)cc12. The highest BCUT2D eigenvalue weighted by molar-refractivity contribution is 6.36. The number of hydrogen-bond acceptors (Lipinski definition) is 1. The van der Waals surface area contributed by atoms with Crippen molar-refractivity contribution in [2.75, 3.05) is 11.9 Å². The molecule has 3 rings (SSSR count). The molecule has 1 heterocycles. The number of hydrogen-bond donors (Lipinski definition) is 1. The number of fused-ring (bicyclic) bond motifs is 2. The first-order valence-corrected chi connectivity index (χ1v) is 6.79. The smallest absolute Gasteiger partial charge is 0.248 e. The second-order valence-electron chi connectivity index (χ2n) is 5.30. The first kappa shape index (κ1) is 12.5. The van der Waals surface area contributed by atoms with Gasteiger partial charge in [0.2, 0.25) is 5.92 Å². The van der Waals surface area contributed by atoms with Crippen molar-refractivity contribution < 1.29 is 8.78 Å². The van der Waals surface area contributed by atoms with Gasteiger partial charge in [-0.1, -0.05) is 23.2 Å². The van der Waals surface area contributed by atoms with Gasteiger partial charge >= 0.3 is 0 Å². The Balaban J connectivity index is 2.00. The summed E-state index contributed by atoms with van der Waals surface area (Å²) in [5.41, 5.74) is 1.66. The maximum absolute atomic E-state index is 13.3. The highest BCUT2D eigenvalue weighted by Crippen LogP contribution is 2.52. The maximum atomic E-state index is 13.3. The van der Waals surface area contributed by atoms with Crippen LogP contribution in [0.3, 0.4) is 0 Å². The number of rotatable bonds is 0. The van der Waals surface area contributed by atoms with Crippen molar-refractivity contribution in [2.45, 2.75) is 37.0 Å². The lowest BCUT2D eigenvalue weighted by molar-refractivity contribution is -0.0495. The summed E-state index contributed by atoms with van der Waals surface area (Å²) in [5, 5.41) is 4.39. The third kappa shape index (κ3) is 1.88. The van der Waals surface area contributed by atoms with Gasteiger partial charge in [0.15, 0.2) is 0 Å². The number of nitrogens with one attached hydrogen (secondary N) is 1. The van der Waals surface area contributed by atoms with E-state index in [4.69, 9.17) is 23.2 Å². The molecule has 1 aromatic carbocycles. The van der Waals surface area contributed by atoms with E-state index in [1.165, 1.54) is 0 Å². The van der Waals surface area contributed by atoms with Crippen LogP contribution in [0.2, 0.25) is 10.0 Å². The summed E-state index contributed by atoms with van der Waals surface area (Å²) in [5.74, 6) is -2.52. The molecule has 1 aliphatic heterocycles. The fraction of sp³-hybridized carbons (Fsp3) is 0.538. The molecule has 0 saturated heterocycles. The van der Waals surface area contributed by atoms with Gasteiger partial charge in [-0.3, -0.25) is 0 Å². The van der Waals surface area contributed by atoms with Gasteiger partial charge in [-0.15, -0.1) is 0 Å². The number of alkyl halides is 2. The molecule has 1 aromatic rings. The summed E-state index contributed by atoms with van der Waals surface area (Å²) < 4.78 is 26.6. The monoisotopic (exact) mass is 291 g/mol. The zero-order valence-corrected chi connectivity index (χ0v) is 11.2. The molecular formula is C13H13Cl2F2N. The van der Waals surface area contributed by atoms with Crippen LogP contribution in [0, 0.1) is 0 Å². The molecule has 0 aromatic heterocycles. The van der Waals surface area contributed by atoms with E-state index < -0.39 is 5.92 Å². The van der Waals surface area contributed by atoms with E-state index in [0.717, 1.165) is 11.3 Å². The molecule has 0 amide bonds. The predicted octanol–water partition coefficient (Wildman–Crippen LogP) is 4.87. The van der Waals surface area contributed by atoms with Crippen LogP contribution < -0.4 is 5.32 Å². The molecule has 0 bridgehead atoms. The summed E-state index contributed by atoms with van der Waals surface area (Å²) in [6.45, 7) is 0.679. The van der Waals surface area contributed by atoms with Crippen molar-refractivity contribution in [3.63, 3.8) is 0 Å². The predicted molar refractivity (Wildman–Crippen MR) is 70.0 cm³/mol. The van der Waals surface area contributed by atoms with Crippen LogP contribution in [0.15, 0.2) is 12.1 Å². The Morgan fingerprint density at radius 1 is 1.06 bits per heavy atom. The normalized spacial score (nSPS) is 23.8. The van der Waals surface area contributed by atoms with Crippen molar-refractivity contribution >= 4 is 28.9 Å². The lowest BCUT2D eigenvalue weighted by atomic mass is 9.70. The van der Waals surface area contributed by atoms with Crippen LogP contribution >= 0.6 is 23.2 Å². The Bertz CT molecular complexity index is 492. The van der Waals surface area contributed by atoms with Crippen molar-refractivity contribution in [1.82, 2.24) is 0 Å². The third-order valence-corrected chi connectivity index (χ3v) is 4.68. The summed E-state index contributed by atoms with van der Waals surface area (Å²) in [6.07, 6.45) is 0.851. The van der Waals surface area contributed by atoms with Crippen molar-refractivity contribution in [2.24, 2.45) is 0 Å². The molecule has 1 fully saturated rings. The third-order valence-electron chi connectivity index (χ3n) is 4.17.